The third-order valence-electron chi connectivity index (χ3n) is 10.8. The second-order valence-electron chi connectivity index (χ2n) is 14.9. The molecule has 2 aliphatic heterocycles. The van der Waals surface area contributed by atoms with Crippen LogP contribution in [0.2, 0.25) is 0 Å². The maximum absolute atomic E-state index is 12.8. The fraction of sp³-hybridized carbons (Fsp3) is 0.838. The molecule has 1 saturated carbocycles. The summed E-state index contributed by atoms with van der Waals surface area (Å²) >= 11 is 0. The van der Waals surface area contributed by atoms with Gasteiger partial charge in [-0.1, -0.05) is 6.42 Å². The summed E-state index contributed by atoms with van der Waals surface area (Å²) in [5.41, 5.74) is -0.125. The van der Waals surface area contributed by atoms with Gasteiger partial charge in [0.15, 0.2) is 18.5 Å². The van der Waals surface area contributed by atoms with Gasteiger partial charge in [0.1, 0.15) is 18.8 Å². The van der Waals surface area contributed by atoms with Gasteiger partial charge in [-0.15, -0.1) is 0 Å². The number of amides is 3. The first-order valence-corrected chi connectivity index (χ1v) is 19.0. The minimum atomic E-state index is -1.20. The van der Waals surface area contributed by atoms with Gasteiger partial charge in [-0.2, -0.15) is 0 Å². The monoisotopic (exact) mass is 755 g/mol. The normalized spacial score (nSPS) is 24.9. The highest BCUT2D eigenvalue weighted by Crippen LogP contribution is 2.50. The van der Waals surface area contributed by atoms with Crippen molar-refractivity contribution in [3.8, 4) is 0 Å². The summed E-state index contributed by atoms with van der Waals surface area (Å²) in [5.74, 6) is -2.40. The third kappa shape index (κ3) is 14.1. The molecule has 0 aromatic heterocycles. The minimum absolute atomic E-state index is 0.0262. The molecule has 0 radical (unpaired) electrons. The second kappa shape index (κ2) is 21.5. The van der Waals surface area contributed by atoms with Gasteiger partial charge in [0.05, 0.1) is 13.2 Å². The average molecular weight is 756 g/mol. The number of nitrogens with one attached hydrogen (secondary N) is 2. The van der Waals surface area contributed by atoms with Crippen LogP contribution in [0.15, 0.2) is 0 Å². The summed E-state index contributed by atoms with van der Waals surface area (Å²) in [6.07, 6.45) is 5.04. The molecule has 2 saturated heterocycles. The Hall–Kier alpha value is -3.34. The first kappa shape index (κ1) is 44.1. The standard InChI is InChI=1S/C37H61N3O13/c1-25(43)39-32-34(52-28(4)46)33(51-27(3)45)29(22-50-26(2)44)53-35(32)49-21-9-7-10-30(47)38-18-8-5-6-11-31(48)40-19-16-36(17-20-40)12-14-37(23-41,24-42)15-13-36/h29,32-35,41-42H,5-24H2,1-4H3,(H,38,47)(H,39,43). The number of ether oxygens (including phenoxy) is 5. The summed E-state index contributed by atoms with van der Waals surface area (Å²) in [7, 11) is 0. The van der Waals surface area contributed by atoms with Crippen molar-refractivity contribution in [3.05, 3.63) is 0 Å². The highest BCUT2D eigenvalue weighted by molar-refractivity contribution is 5.76. The average Bonchev–Trinajstić information content (AvgIpc) is 3.11. The van der Waals surface area contributed by atoms with Gasteiger partial charge in [0.25, 0.3) is 0 Å². The zero-order chi connectivity index (χ0) is 39.0. The second-order valence-corrected chi connectivity index (χ2v) is 14.9. The van der Waals surface area contributed by atoms with Crippen LogP contribution < -0.4 is 10.6 Å². The van der Waals surface area contributed by atoms with E-state index in [1.54, 1.807) is 0 Å². The van der Waals surface area contributed by atoms with Crippen LogP contribution in [0.3, 0.4) is 0 Å². The molecule has 4 N–H and O–H groups in total. The molecule has 16 heteroatoms. The van der Waals surface area contributed by atoms with Crippen molar-refractivity contribution >= 4 is 35.6 Å². The smallest absolute Gasteiger partial charge is 0.303 e. The maximum atomic E-state index is 12.8. The Morgan fingerprint density at radius 1 is 0.755 bits per heavy atom. The molecule has 1 aliphatic carbocycles. The van der Waals surface area contributed by atoms with E-state index >= 15 is 0 Å². The van der Waals surface area contributed by atoms with Crippen LogP contribution >= 0.6 is 0 Å². The fourth-order valence-corrected chi connectivity index (χ4v) is 7.48. The van der Waals surface area contributed by atoms with Gasteiger partial charge < -0.3 is 49.4 Å². The number of rotatable bonds is 19. The number of aliphatic hydroxyl groups is 2. The number of unbranched alkanes of at least 4 members (excludes halogenated alkanes) is 3. The lowest BCUT2D eigenvalue weighted by Crippen LogP contribution is -2.66. The number of aliphatic hydroxyl groups excluding tert-OH is 2. The van der Waals surface area contributed by atoms with Crippen LogP contribution in [-0.4, -0.2) is 127 Å². The highest BCUT2D eigenvalue weighted by Gasteiger charge is 2.51. The van der Waals surface area contributed by atoms with Gasteiger partial charge in [-0.3, -0.25) is 28.8 Å². The molecular formula is C37H61N3O13. The van der Waals surface area contributed by atoms with Crippen molar-refractivity contribution in [3.63, 3.8) is 0 Å². The summed E-state index contributed by atoms with van der Waals surface area (Å²) < 4.78 is 27.8. The maximum Gasteiger partial charge on any atom is 0.303 e. The first-order valence-electron chi connectivity index (χ1n) is 19.0. The predicted octanol–water partition coefficient (Wildman–Crippen LogP) is 1.66. The summed E-state index contributed by atoms with van der Waals surface area (Å²) in [6, 6.07) is -1.05. The number of carbonyl (C=O) groups excluding carboxylic acids is 6. The molecule has 5 unspecified atom stereocenters. The Balaban J connectivity index is 1.33. The highest BCUT2D eigenvalue weighted by atomic mass is 16.7. The molecule has 0 aromatic carbocycles. The van der Waals surface area contributed by atoms with Crippen molar-refractivity contribution in [2.45, 2.75) is 142 Å². The molecule has 1 spiro atoms. The van der Waals surface area contributed by atoms with Crippen LogP contribution in [0, 0.1) is 10.8 Å². The quantitative estimate of drug-likeness (QED) is 0.0840. The van der Waals surface area contributed by atoms with Crippen LogP contribution in [0.1, 0.15) is 111 Å². The Labute approximate surface area is 312 Å². The lowest BCUT2D eigenvalue weighted by atomic mass is 9.61. The summed E-state index contributed by atoms with van der Waals surface area (Å²) in [5, 5.41) is 25.0. The largest absolute Gasteiger partial charge is 0.463 e. The van der Waals surface area contributed by atoms with Crippen molar-refractivity contribution in [1.29, 1.82) is 0 Å². The molecule has 5 atom stereocenters. The third-order valence-corrected chi connectivity index (χ3v) is 10.8. The van der Waals surface area contributed by atoms with Crippen LogP contribution in [-0.2, 0) is 52.5 Å². The van der Waals surface area contributed by atoms with Crippen LogP contribution in [0.5, 0.6) is 0 Å². The summed E-state index contributed by atoms with van der Waals surface area (Å²) in [6.45, 7) is 6.68. The molecule has 0 bridgehead atoms. The van der Waals surface area contributed by atoms with E-state index in [1.807, 2.05) is 4.90 Å². The number of hydrogen-bond donors (Lipinski definition) is 4. The fourth-order valence-electron chi connectivity index (χ4n) is 7.48. The Bertz CT molecular complexity index is 1220. The zero-order valence-corrected chi connectivity index (χ0v) is 31.9. The van der Waals surface area contributed by atoms with E-state index in [4.69, 9.17) is 23.7 Å². The number of piperidine rings is 1. The first-order chi connectivity index (χ1) is 25.2. The van der Waals surface area contributed by atoms with E-state index in [0.717, 1.165) is 77.8 Å². The molecule has 3 rings (SSSR count). The zero-order valence-electron chi connectivity index (χ0n) is 31.9. The molecule has 16 nitrogen and oxygen atoms in total. The minimum Gasteiger partial charge on any atom is -0.463 e. The number of hydrogen-bond acceptors (Lipinski definition) is 13. The van der Waals surface area contributed by atoms with Crippen molar-refractivity contribution in [2.75, 3.05) is 46.1 Å². The van der Waals surface area contributed by atoms with Gasteiger partial charge >= 0.3 is 17.9 Å². The molecule has 3 amide bonds. The molecule has 3 aliphatic rings. The number of nitrogens with zero attached hydrogens (tertiary/aromatic N) is 1. The van der Waals surface area contributed by atoms with Crippen LogP contribution in [0.4, 0.5) is 0 Å². The van der Waals surface area contributed by atoms with Crippen LogP contribution in [0.25, 0.3) is 0 Å². The van der Waals surface area contributed by atoms with E-state index in [0.29, 0.717) is 25.8 Å². The van der Waals surface area contributed by atoms with Crippen molar-refractivity contribution in [2.24, 2.45) is 10.8 Å². The number of carbonyl (C=O) groups is 6. The predicted molar refractivity (Wildman–Crippen MR) is 189 cm³/mol. The van der Waals surface area contributed by atoms with Gasteiger partial charge in [-0.25, -0.2) is 0 Å². The van der Waals surface area contributed by atoms with Crippen molar-refractivity contribution in [1.82, 2.24) is 15.5 Å². The lowest BCUT2D eigenvalue weighted by Gasteiger charge is -2.49. The van der Waals surface area contributed by atoms with Gasteiger partial charge in [0, 0.05) is 72.2 Å². The SMILES string of the molecule is CC(=O)NC1C(OCCCCC(=O)NCCCCCC(=O)N2CCC3(CC2)CCC(CO)(CO)CC3)OC(COC(C)=O)C(OC(C)=O)C1OC(C)=O. The molecule has 3 fully saturated rings. The number of likely N-dealkylation sites (tertiary alicyclic amines) is 1. The van der Waals surface area contributed by atoms with Gasteiger partial charge in [-0.05, 0) is 69.6 Å². The Morgan fingerprint density at radius 2 is 1.38 bits per heavy atom. The molecule has 2 heterocycles. The lowest BCUT2D eigenvalue weighted by molar-refractivity contribution is -0.277. The van der Waals surface area contributed by atoms with E-state index in [1.165, 1.54) is 20.8 Å². The van der Waals surface area contributed by atoms with Gasteiger partial charge in [0.2, 0.25) is 17.7 Å². The van der Waals surface area contributed by atoms with Crippen molar-refractivity contribution < 1.29 is 62.7 Å². The molecule has 53 heavy (non-hydrogen) atoms. The molecular weight excluding hydrogens is 694 g/mol. The molecule has 302 valence electrons. The molecule has 0 aromatic rings. The van der Waals surface area contributed by atoms with E-state index in [9.17, 15) is 39.0 Å². The number of esters is 3. The summed E-state index contributed by atoms with van der Waals surface area (Å²) in [4.78, 5) is 74.7. The Morgan fingerprint density at radius 3 is 1.96 bits per heavy atom. The van der Waals surface area contributed by atoms with E-state index in [2.05, 4.69) is 10.6 Å². The topological polar surface area (TPSA) is 216 Å². The van der Waals surface area contributed by atoms with E-state index < -0.39 is 54.5 Å². The Kier molecular flexibility index (Phi) is 17.9. The van der Waals surface area contributed by atoms with E-state index in [-0.39, 0.29) is 55.5 Å².